The van der Waals surface area contributed by atoms with Crippen LogP contribution >= 0.6 is 0 Å². The van der Waals surface area contributed by atoms with Crippen molar-refractivity contribution in [2.45, 2.75) is 20.0 Å². The lowest BCUT2D eigenvalue weighted by atomic mass is 10.3. The molecule has 2 aromatic carbocycles. The van der Waals surface area contributed by atoms with Gasteiger partial charge in [-0.15, -0.1) is 0 Å². The fourth-order valence-electron chi connectivity index (χ4n) is 2.77. The average molecular weight is 391 g/mol. The Hall–Kier alpha value is -2.21. The quantitative estimate of drug-likeness (QED) is 0.645. The van der Waals surface area contributed by atoms with Gasteiger partial charge in [0.1, 0.15) is 18.1 Å². The molecule has 0 aliphatic heterocycles. The molecular weight excluding hydrogens is 370 g/mol. The summed E-state index contributed by atoms with van der Waals surface area (Å²) < 4.78 is 14.9. The Morgan fingerprint density at radius 1 is 0.917 bits per heavy atom. The van der Waals surface area contributed by atoms with E-state index < -0.39 is 0 Å². The first-order valence-electron chi connectivity index (χ1n) is 7.74. The lowest BCUT2D eigenvalue weighted by Gasteiger charge is -2.08. The van der Waals surface area contributed by atoms with E-state index in [2.05, 4.69) is 13.0 Å². The zero-order chi connectivity index (χ0) is 16.2. The third kappa shape index (κ3) is 3.48. The van der Waals surface area contributed by atoms with E-state index in [4.69, 9.17) is 14.9 Å². The number of halogens is 1. The van der Waals surface area contributed by atoms with E-state index in [1.807, 2.05) is 51.6 Å². The lowest BCUT2D eigenvalue weighted by molar-refractivity contribution is -0.00000574. The number of nitrogens with one attached hydrogen (secondary N) is 1. The van der Waals surface area contributed by atoms with Crippen molar-refractivity contribution in [3.8, 4) is 11.5 Å². The SMILES string of the molecule is CCn1c(=N)n(CCOc2ccc(OC)cc2)c2ccccc21.[Br-]. The molecule has 1 aromatic heterocycles. The van der Waals surface area contributed by atoms with Crippen LogP contribution in [0.3, 0.4) is 0 Å². The van der Waals surface area contributed by atoms with Crippen LogP contribution in [0.4, 0.5) is 0 Å². The lowest BCUT2D eigenvalue weighted by Crippen LogP contribution is -3.00. The van der Waals surface area contributed by atoms with Crippen LogP contribution in [0.1, 0.15) is 6.92 Å². The Bertz CT molecular complexity index is 853. The van der Waals surface area contributed by atoms with Crippen LogP contribution in [0.5, 0.6) is 11.5 Å². The summed E-state index contributed by atoms with van der Waals surface area (Å²) in [6.07, 6.45) is 0. The molecule has 128 valence electrons. The Balaban J connectivity index is 0.00000208. The zero-order valence-electron chi connectivity index (χ0n) is 13.8. The molecule has 3 rings (SSSR count). The fraction of sp³-hybridized carbons (Fsp3) is 0.278. The van der Waals surface area contributed by atoms with Crippen molar-refractivity contribution in [3.63, 3.8) is 0 Å². The molecule has 0 saturated carbocycles. The highest BCUT2D eigenvalue weighted by Gasteiger charge is 2.08. The van der Waals surface area contributed by atoms with E-state index in [9.17, 15) is 0 Å². The van der Waals surface area contributed by atoms with E-state index in [1.165, 1.54) is 0 Å². The van der Waals surface area contributed by atoms with Gasteiger partial charge >= 0.3 is 0 Å². The van der Waals surface area contributed by atoms with Gasteiger partial charge < -0.3 is 35.6 Å². The van der Waals surface area contributed by atoms with E-state index in [1.54, 1.807) is 7.11 Å². The maximum absolute atomic E-state index is 8.36. The topological polar surface area (TPSA) is 52.2 Å². The molecule has 0 aliphatic carbocycles. The highest BCUT2D eigenvalue weighted by atomic mass is 79.9. The number of ether oxygens (including phenoxy) is 2. The van der Waals surface area contributed by atoms with Crippen molar-refractivity contribution in [1.29, 1.82) is 5.41 Å². The molecule has 5 nitrogen and oxygen atoms in total. The van der Waals surface area contributed by atoms with Crippen molar-refractivity contribution in [2.24, 2.45) is 0 Å². The van der Waals surface area contributed by atoms with E-state index in [-0.39, 0.29) is 17.0 Å². The molecule has 0 amide bonds. The first-order chi connectivity index (χ1) is 11.2. The monoisotopic (exact) mass is 390 g/mol. The molecule has 1 heterocycles. The van der Waals surface area contributed by atoms with Crippen molar-refractivity contribution in [2.75, 3.05) is 13.7 Å². The Kier molecular flexibility index (Phi) is 6.09. The smallest absolute Gasteiger partial charge is 0.203 e. The molecule has 0 unspecified atom stereocenters. The number of rotatable bonds is 6. The van der Waals surface area contributed by atoms with E-state index in [0.717, 1.165) is 29.1 Å². The standard InChI is InChI=1S/C18H21N3O2.BrH/c1-3-20-16-6-4-5-7-17(16)21(18(20)19)12-13-23-15-10-8-14(22-2)9-11-15;/h4-11,19H,3,12-13H2,1-2H3;1H/p-1. The summed E-state index contributed by atoms with van der Waals surface area (Å²) in [4.78, 5) is 0. The molecule has 3 aromatic rings. The Morgan fingerprint density at radius 3 is 2.08 bits per heavy atom. The fourth-order valence-corrected chi connectivity index (χ4v) is 2.77. The molecule has 0 radical (unpaired) electrons. The number of aromatic nitrogens is 2. The van der Waals surface area contributed by atoms with Gasteiger partial charge in [-0.1, -0.05) is 12.1 Å². The maximum Gasteiger partial charge on any atom is 0.203 e. The molecule has 0 bridgehead atoms. The Morgan fingerprint density at radius 2 is 1.50 bits per heavy atom. The van der Waals surface area contributed by atoms with Gasteiger partial charge in [0, 0.05) is 6.54 Å². The van der Waals surface area contributed by atoms with Gasteiger partial charge in [0.05, 0.1) is 24.7 Å². The number of para-hydroxylation sites is 2. The summed E-state index contributed by atoms with van der Waals surface area (Å²) in [7, 11) is 1.64. The molecular formula is C18H21BrN3O2-. The minimum atomic E-state index is 0. The van der Waals surface area contributed by atoms with E-state index in [0.29, 0.717) is 18.8 Å². The summed E-state index contributed by atoms with van der Waals surface area (Å²) in [6.45, 7) is 3.99. The minimum Gasteiger partial charge on any atom is -1.00 e. The summed E-state index contributed by atoms with van der Waals surface area (Å²) in [6, 6.07) is 15.6. The summed E-state index contributed by atoms with van der Waals surface area (Å²) in [5, 5.41) is 8.36. The van der Waals surface area contributed by atoms with E-state index >= 15 is 0 Å². The van der Waals surface area contributed by atoms with Crippen LogP contribution in [0.25, 0.3) is 11.0 Å². The second kappa shape index (κ2) is 8.06. The number of methoxy groups -OCH3 is 1. The second-order valence-electron chi connectivity index (χ2n) is 5.23. The number of nitrogens with zero attached hydrogens (tertiary/aromatic N) is 2. The van der Waals surface area contributed by atoms with Gasteiger partial charge in [-0.3, -0.25) is 5.41 Å². The first kappa shape index (κ1) is 18.1. The number of benzene rings is 2. The van der Waals surface area contributed by atoms with Gasteiger partial charge in [-0.05, 0) is 43.3 Å². The molecule has 24 heavy (non-hydrogen) atoms. The number of hydrogen-bond donors (Lipinski definition) is 1. The first-order valence-corrected chi connectivity index (χ1v) is 7.74. The van der Waals surface area contributed by atoms with Crippen LogP contribution in [-0.2, 0) is 13.1 Å². The van der Waals surface area contributed by atoms with Gasteiger partial charge in [-0.2, -0.15) is 0 Å². The van der Waals surface area contributed by atoms with Crippen LogP contribution in [0.2, 0.25) is 0 Å². The third-order valence-corrected chi connectivity index (χ3v) is 3.93. The number of aryl methyl sites for hydroxylation is 1. The molecule has 0 spiro atoms. The van der Waals surface area contributed by atoms with Crippen molar-refractivity contribution >= 4 is 11.0 Å². The summed E-state index contributed by atoms with van der Waals surface area (Å²) >= 11 is 0. The molecule has 0 atom stereocenters. The normalized spacial score (nSPS) is 10.4. The number of hydrogen-bond acceptors (Lipinski definition) is 3. The van der Waals surface area contributed by atoms with Gasteiger partial charge in [0.25, 0.3) is 0 Å². The maximum atomic E-state index is 8.36. The van der Waals surface area contributed by atoms with Crippen molar-refractivity contribution in [3.05, 3.63) is 54.1 Å². The molecule has 6 heteroatoms. The third-order valence-electron chi connectivity index (χ3n) is 3.93. The molecule has 0 aliphatic rings. The predicted octanol–water partition coefficient (Wildman–Crippen LogP) is 0.0338. The summed E-state index contributed by atoms with van der Waals surface area (Å²) in [5.41, 5.74) is 2.66. The Labute approximate surface area is 151 Å². The van der Waals surface area contributed by atoms with Gasteiger partial charge in [-0.25, -0.2) is 0 Å². The van der Waals surface area contributed by atoms with Crippen LogP contribution < -0.4 is 32.1 Å². The number of imidazole rings is 1. The highest BCUT2D eigenvalue weighted by Crippen LogP contribution is 2.17. The zero-order valence-corrected chi connectivity index (χ0v) is 15.4. The van der Waals surface area contributed by atoms with Gasteiger partial charge in [0.2, 0.25) is 5.62 Å². The molecule has 0 saturated heterocycles. The molecule has 0 fully saturated rings. The van der Waals surface area contributed by atoms with Crippen molar-refractivity contribution < 1.29 is 26.5 Å². The highest BCUT2D eigenvalue weighted by molar-refractivity contribution is 5.75. The number of fused-ring (bicyclic) bond motifs is 1. The minimum absolute atomic E-state index is 0. The van der Waals surface area contributed by atoms with Gasteiger partial charge in [0.15, 0.2) is 0 Å². The van der Waals surface area contributed by atoms with Crippen molar-refractivity contribution in [1.82, 2.24) is 9.13 Å². The average Bonchev–Trinajstić information content (AvgIpc) is 2.87. The van der Waals surface area contributed by atoms with Crippen LogP contribution in [0, 0.1) is 5.41 Å². The van der Waals surface area contributed by atoms with Crippen LogP contribution in [0.15, 0.2) is 48.5 Å². The second-order valence-corrected chi connectivity index (χ2v) is 5.23. The van der Waals surface area contributed by atoms with Crippen LogP contribution in [-0.4, -0.2) is 22.9 Å². The summed E-state index contributed by atoms with van der Waals surface area (Å²) in [5.74, 6) is 1.61. The largest absolute Gasteiger partial charge is 1.00 e. The molecule has 1 N–H and O–H groups in total. The predicted molar refractivity (Wildman–Crippen MR) is 89.9 cm³/mol.